The Kier molecular flexibility index (Phi) is 7.35. The molecule has 0 aliphatic carbocycles. The van der Waals surface area contributed by atoms with Crippen molar-refractivity contribution in [2.45, 2.75) is 58.4 Å². The van der Waals surface area contributed by atoms with Crippen molar-refractivity contribution in [3.8, 4) is 0 Å². The molecule has 0 unspecified atom stereocenters. The number of rotatable bonds is 6. The number of morpholine rings is 1. The van der Waals surface area contributed by atoms with Crippen LogP contribution in [0.3, 0.4) is 0 Å². The van der Waals surface area contributed by atoms with Crippen molar-refractivity contribution >= 4 is 29.1 Å². The smallest absolute Gasteiger partial charge is 0.331 e. The van der Waals surface area contributed by atoms with Gasteiger partial charge >= 0.3 is 5.97 Å². The quantitative estimate of drug-likeness (QED) is 0.637. The zero-order valence-electron chi connectivity index (χ0n) is 20.7. The van der Waals surface area contributed by atoms with Gasteiger partial charge in [0.1, 0.15) is 17.1 Å². The van der Waals surface area contributed by atoms with E-state index in [2.05, 4.69) is 20.3 Å². The zero-order chi connectivity index (χ0) is 25.0. The van der Waals surface area contributed by atoms with E-state index in [1.54, 1.807) is 11.2 Å². The number of nitrogens with one attached hydrogen (secondary N) is 1. The SMILES string of the molecule is C[C@@H]1CN(c2ccc(CNC(=O)C3=NN(c4ccccc4)[C@@H](C(=O)OC(C)(C)C)C3)cn2)CCO1. The van der Waals surface area contributed by atoms with Gasteiger partial charge in [-0.3, -0.25) is 9.80 Å². The number of ether oxygens (including phenoxy) is 2. The van der Waals surface area contributed by atoms with Crippen LogP contribution in [0.5, 0.6) is 0 Å². The van der Waals surface area contributed by atoms with Crippen LogP contribution in [0, 0.1) is 0 Å². The molecule has 1 N–H and O–H groups in total. The van der Waals surface area contributed by atoms with Gasteiger partial charge < -0.3 is 19.7 Å². The molecule has 2 aliphatic heterocycles. The third-order valence-corrected chi connectivity index (χ3v) is 5.70. The van der Waals surface area contributed by atoms with E-state index in [0.29, 0.717) is 13.2 Å². The second-order valence-corrected chi connectivity index (χ2v) is 9.81. The first kappa shape index (κ1) is 24.7. The lowest BCUT2D eigenvalue weighted by Gasteiger charge is -2.32. The first-order valence-corrected chi connectivity index (χ1v) is 11.9. The Balaban J connectivity index is 1.40. The van der Waals surface area contributed by atoms with Crippen molar-refractivity contribution < 1.29 is 19.1 Å². The van der Waals surface area contributed by atoms with E-state index < -0.39 is 17.6 Å². The Hall–Kier alpha value is -3.46. The van der Waals surface area contributed by atoms with Gasteiger partial charge in [-0.15, -0.1) is 0 Å². The number of hydrogen-bond donors (Lipinski definition) is 1. The molecule has 2 aliphatic rings. The van der Waals surface area contributed by atoms with Crippen LogP contribution in [0.2, 0.25) is 0 Å². The average molecular weight is 480 g/mol. The van der Waals surface area contributed by atoms with Gasteiger partial charge in [0.15, 0.2) is 6.04 Å². The maximum absolute atomic E-state index is 12.9. The van der Waals surface area contributed by atoms with Crippen LogP contribution >= 0.6 is 0 Å². The van der Waals surface area contributed by atoms with Crippen LogP contribution in [0.4, 0.5) is 11.5 Å². The molecule has 0 radical (unpaired) electrons. The number of para-hydroxylation sites is 1. The summed E-state index contributed by atoms with van der Waals surface area (Å²) in [6.07, 6.45) is 2.12. The number of carbonyl (C=O) groups excluding carboxylic acids is 2. The molecular formula is C26H33N5O4. The number of aromatic nitrogens is 1. The molecule has 2 atom stereocenters. The summed E-state index contributed by atoms with van der Waals surface area (Å²) in [6.45, 7) is 10.1. The van der Waals surface area contributed by atoms with Gasteiger partial charge in [-0.05, 0) is 51.5 Å². The van der Waals surface area contributed by atoms with Crippen molar-refractivity contribution in [3.05, 3.63) is 54.2 Å². The number of anilines is 2. The third-order valence-electron chi connectivity index (χ3n) is 5.70. The molecule has 1 aromatic carbocycles. The summed E-state index contributed by atoms with van der Waals surface area (Å²) in [5.41, 5.74) is 1.26. The number of esters is 1. The fourth-order valence-electron chi connectivity index (χ4n) is 4.04. The van der Waals surface area contributed by atoms with Crippen LogP contribution in [0.15, 0.2) is 53.8 Å². The minimum Gasteiger partial charge on any atom is -0.458 e. The van der Waals surface area contributed by atoms with Gasteiger partial charge in [0.25, 0.3) is 5.91 Å². The van der Waals surface area contributed by atoms with Gasteiger partial charge in [0.2, 0.25) is 0 Å². The summed E-state index contributed by atoms with van der Waals surface area (Å²) < 4.78 is 11.2. The second kappa shape index (κ2) is 10.4. The fourth-order valence-corrected chi connectivity index (χ4v) is 4.04. The average Bonchev–Trinajstić information content (AvgIpc) is 3.28. The summed E-state index contributed by atoms with van der Waals surface area (Å²) in [4.78, 5) is 32.6. The summed E-state index contributed by atoms with van der Waals surface area (Å²) in [5, 5.41) is 8.97. The summed E-state index contributed by atoms with van der Waals surface area (Å²) in [6, 6.07) is 12.5. The highest BCUT2D eigenvalue weighted by atomic mass is 16.6. The van der Waals surface area contributed by atoms with Crippen LogP contribution in [-0.4, -0.2) is 60.0 Å². The number of carbonyl (C=O) groups is 2. The molecule has 1 fully saturated rings. The molecule has 2 aromatic rings. The molecule has 1 saturated heterocycles. The molecule has 1 amide bonds. The van der Waals surface area contributed by atoms with E-state index in [9.17, 15) is 9.59 Å². The zero-order valence-corrected chi connectivity index (χ0v) is 20.7. The maximum Gasteiger partial charge on any atom is 0.331 e. The Morgan fingerprint density at radius 2 is 1.94 bits per heavy atom. The third kappa shape index (κ3) is 6.36. The lowest BCUT2D eigenvalue weighted by molar-refractivity contribution is -0.156. The Bertz CT molecular complexity index is 1070. The Morgan fingerprint density at radius 1 is 1.17 bits per heavy atom. The van der Waals surface area contributed by atoms with Gasteiger partial charge in [-0.25, -0.2) is 9.78 Å². The fraction of sp³-hybridized carbons (Fsp3) is 0.462. The van der Waals surface area contributed by atoms with Crippen molar-refractivity contribution in [1.82, 2.24) is 10.3 Å². The number of hydrazone groups is 1. The molecule has 186 valence electrons. The van der Waals surface area contributed by atoms with Crippen molar-refractivity contribution in [2.75, 3.05) is 29.6 Å². The normalized spacial score (nSPS) is 20.4. The first-order chi connectivity index (χ1) is 16.7. The molecule has 35 heavy (non-hydrogen) atoms. The summed E-state index contributed by atoms with van der Waals surface area (Å²) >= 11 is 0. The second-order valence-electron chi connectivity index (χ2n) is 9.81. The highest BCUT2D eigenvalue weighted by Crippen LogP contribution is 2.26. The van der Waals surface area contributed by atoms with E-state index in [4.69, 9.17) is 9.47 Å². The number of nitrogens with zero attached hydrogens (tertiary/aromatic N) is 4. The predicted molar refractivity (Wildman–Crippen MR) is 134 cm³/mol. The lowest BCUT2D eigenvalue weighted by atomic mass is 10.1. The van der Waals surface area contributed by atoms with Crippen molar-refractivity contribution in [3.63, 3.8) is 0 Å². The van der Waals surface area contributed by atoms with Gasteiger partial charge in [-0.2, -0.15) is 5.10 Å². The van der Waals surface area contributed by atoms with Gasteiger partial charge in [-0.1, -0.05) is 24.3 Å². The van der Waals surface area contributed by atoms with Crippen LogP contribution in [0.1, 0.15) is 39.7 Å². The molecule has 0 saturated carbocycles. The number of amides is 1. The minimum absolute atomic E-state index is 0.169. The highest BCUT2D eigenvalue weighted by molar-refractivity contribution is 6.40. The van der Waals surface area contributed by atoms with E-state index >= 15 is 0 Å². The highest BCUT2D eigenvalue weighted by Gasteiger charge is 2.38. The lowest BCUT2D eigenvalue weighted by Crippen LogP contribution is -2.41. The topological polar surface area (TPSA) is 96.4 Å². The van der Waals surface area contributed by atoms with Crippen LogP contribution in [0.25, 0.3) is 0 Å². The molecule has 3 heterocycles. The van der Waals surface area contributed by atoms with E-state index in [1.165, 1.54) is 0 Å². The predicted octanol–water partition coefficient (Wildman–Crippen LogP) is 2.90. The summed E-state index contributed by atoms with van der Waals surface area (Å²) in [7, 11) is 0. The maximum atomic E-state index is 12.9. The van der Waals surface area contributed by atoms with Crippen molar-refractivity contribution in [1.29, 1.82) is 0 Å². The van der Waals surface area contributed by atoms with E-state index in [1.807, 2.05) is 70.2 Å². The molecule has 9 nitrogen and oxygen atoms in total. The number of pyridine rings is 1. The molecule has 0 spiro atoms. The van der Waals surface area contributed by atoms with Crippen LogP contribution < -0.4 is 15.2 Å². The Labute approximate surface area is 206 Å². The first-order valence-electron chi connectivity index (χ1n) is 11.9. The number of benzene rings is 1. The molecular weight excluding hydrogens is 446 g/mol. The van der Waals surface area contributed by atoms with Gasteiger partial charge in [0, 0.05) is 32.3 Å². The standard InChI is InChI=1S/C26H33N5O4/c1-18-17-30(12-13-34-18)23-11-10-19(15-27-23)16-28-24(32)21-14-22(25(33)35-26(2,3)4)31(29-21)20-8-6-5-7-9-20/h5-11,15,18,22H,12-14,16-17H2,1-4H3,(H,28,32)/t18-,22-/m1/s1. The van der Waals surface area contributed by atoms with Gasteiger partial charge in [0.05, 0.1) is 18.4 Å². The van der Waals surface area contributed by atoms with Crippen LogP contribution in [-0.2, 0) is 25.6 Å². The molecule has 4 rings (SSSR count). The molecule has 0 bridgehead atoms. The number of hydrogen-bond acceptors (Lipinski definition) is 8. The molecule has 9 heteroatoms. The van der Waals surface area contributed by atoms with E-state index in [0.717, 1.165) is 30.2 Å². The van der Waals surface area contributed by atoms with E-state index in [-0.39, 0.29) is 24.1 Å². The molecule has 1 aromatic heterocycles. The summed E-state index contributed by atoms with van der Waals surface area (Å²) in [5.74, 6) is 0.169. The minimum atomic E-state index is -0.700. The Morgan fingerprint density at radius 3 is 2.60 bits per heavy atom. The monoisotopic (exact) mass is 479 g/mol. The largest absolute Gasteiger partial charge is 0.458 e. The van der Waals surface area contributed by atoms with Crippen molar-refractivity contribution in [2.24, 2.45) is 5.10 Å².